The fourth-order valence-corrected chi connectivity index (χ4v) is 0.883. The first kappa shape index (κ1) is 24.2. The first-order valence-electron chi connectivity index (χ1n) is 7.24. The summed E-state index contributed by atoms with van der Waals surface area (Å²) >= 11 is 0. The Labute approximate surface area is 142 Å². The molecule has 0 heterocycles. The number of aliphatic hydroxyl groups is 2. The number of hydrogen-bond donors (Lipinski definition) is 3. The molecular formula is C16H27NO7. The SMILES string of the molecule is C=C(C)C(=O)NCOCC(C)C.C=C(C)C(=O)OC(=O)C(O)CO. The van der Waals surface area contributed by atoms with Crippen LogP contribution in [0.1, 0.15) is 27.7 Å². The van der Waals surface area contributed by atoms with E-state index in [2.05, 4.69) is 37.1 Å². The number of carbonyl (C=O) groups is 3. The van der Waals surface area contributed by atoms with E-state index in [4.69, 9.17) is 14.9 Å². The fraction of sp³-hybridized carbons (Fsp3) is 0.562. The summed E-state index contributed by atoms with van der Waals surface area (Å²) in [6, 6.07) is 0. The van der Waals surface area contributed by atoms with Crippen molar-refractivity contribution in [1.82, 2.24) is 5.32 Å². The van der Waals surface area contributed by atoms with Crippen LogP contribution in [0, 0.1) is 5.92 Å². The largest absolute Gasteiger partial charge is 0.393 e. The molecule has 1 atom stereocenters. The predicted octanol–water partition coefficient (Wildman–Crippen LogP) is 0.294. The van der Waals surface area contributed by atoms with Gasteiger partial charge in [-0.05, 0) is 19.8 Å². The van der Waals surface area contributed by atoms with Gasteiger partial charge >= 0.3 is 11.9 Å². The average molecular weight is 345 g/mol. The lowest BCUT2D eigenvalue weighted by Crippen LogP contribution is -2.28. The van der Waals surface area contributed by atoms with Crippen molar-refractivity contribution < 1.29 is 34.1 Å². The zero-order chi connectivity index (χ0) is 19.3. The third-order valence-electron chi connectivity index (χ3n) is 2.16. The van der Waals surface area contributed by atoms with Crippen LogP contribution in [0.25, 0.3) is 0 Å². The molecule has 0 rings (SSSR count). The van der Waals surface area contributed by atoms with Gasteiger partial charge in [-0.1, -0.05) is 27.0 Å². The van der Waals surface area contributed by atoms with Gasteiger partial charge in [0.15, 0.2) is 6.10 Å². The summed E-state index contributed by atoms with van der Waals surface area (Å²) in [6.07, 6.45) is -1.67. The lowest BCUT2D eigenvalue weighted by atomic mass is 10.2. The van der Waals surface area contributed by atoms with E-state index in [0.717, 1.165) is 0 Å². The van der Waals surface area contributed by atoms with Gasteiger partial charge in [-0.15, -0.1) is 0 Å². The van der Waals surface area contributed by atoms with Crippen molar-refractivity contribution in [3.8, 4) is 0 Å². The highest BCUT2D eigenvalue weighted by molar-refractivity contribution is 5.96. The Morgan fingerprint density at radius 3 is 2.04 bits per heavy atom. The number of carbonyl (C=O) groups excluding carboxylic acids is 3. The molecule has 3 N–H and O–H groups in total. The van der Waals surface area contributed by atoms with Gasteiger partial charge < -0.3 is 25.0 Å². The average Bonchev–Trinajstić information content (AvgIpc) is 2.50. The van der Waals surface area contributed by atoms with E-state index in [1.54, 1.807) is 6.92 Å². The lowest BCUT2D eigenvalue weighted by Gasteiger charge is -2.07. The molecule has 8 heteroatoms. The van der Waals surface area contributed by atoms with Crippen molar-refractivity contribution in [3.63, 3.8) is 0 Å². The van der Waals surface area contributed by atoms with Crippen LogP contribution >= 0.6 is 0 Å². The molecule has 8 nitrogen and oxygen atoms in total. The Morgan fingerprint density at radius 2 is 1.67 bits per heavy atom. The molecule has 0 aromatic rings. The van der Waals surface area contributed by atoms with Crippen molar-refractivity contribution in [1.29, 1.82) is 0 Å². The topological polar surface area (TPSA) is 122 Å². The number of aliphatic hydroxyl groups excluding tert-OH is 2. The van der Waals surface area contributed by atoms with Crippen molar-refractivity contribution in [3.05, 3.63) is 24.3 Å². The second kappa shape index (κ2) is 13.4. The molecule has 0 aliphatic rings. The highest BCUT2D eigenvalue weighted by Crippen LogP contribution is 1.95. The summed E-state index contributed by atoms with van der Waals surface area (Å²) < 4.78 is 9.22. The molecule has 0 aromatic heterocycles. The molecule has 138 valence electrons. The van der Waals surface area contributed by atoms with Gasteiger partial charge in [0.05, 0.1) is 13.2 Å². The maximum atomic E-state index is 10.9. The van der Waals surface area contributed by atoms with E-state index in [1.165, 1.54) is 6.92 Å². The number of amides is 1. The zero-order valence-electron chi connectivity index (χ0n) is 14.6. The van der Waals surface area contributed by atoms with Crippen LogP contribution in [-0.2, 0) is 23.9 Å². The van der Waals surface area contributed by atoms with Crippen molar-refractivity contribution in [2.45, 2.75) is 33.8 Å². The lowest BCUT2D eigenvalue weighted by molar-refractivity contribution is -0.164. The summed E-state index contributed by atoms with van der Waals surface area (Å²) in [5.74, 6) is -1.75. The minimum absolute atomic E-state index is 0.0495. The van der Waals surface area contributed by atoms with Crippen LogP contribution in [0.15, 0.2) is 24.3 Å². The van der Waals surface area contributed by atoms with Crippen molar-refractivity contribution in [2.24, 2.45) is 5.92 Å². The molecule has 1 amide bonds. The second-order valence-electron chi connectivity index (χ2n) is 5.38. The fourth-order valence-electron chi connectivity index (χ4n) is 0.883. The van der Waals surface area contributed by atoms with Crippen molar-refractivity contribution >= 4 is 17.8 Å². The third kappa shape index (κ3) is 13.6. The molecule has 0 spiro atoms. The van der Waals surface area contributed by atoms with Gasteiger partial charge in [-0.25, -0.2) is 9.59 Å². The normalized spacial score (nSPS) is 11.0. The van der Waals surface area contributed by atoms with E-state index in [1.807, 2.05) is 0 Å². The van der Waals surface area contributed by atoms with E-state index in [9.17, 15) is 14.4 Å². The van der Waals surface area contributed by atoms with Gasteiger partial charge in [-0.2, -0.15) is 0 Å². The Morgan fingerprint density at radius 1 is 1.12 bits per heavy atom. The van der Waals surface area contributed by atoms with Gasteiger partial charge in [0.1, 0.15) is 6.73 Å². The summed E-state index contributed by atoms with van der Waals surface area (Å²) in [5.41, 5.74) is 0.552. The van der Waals surface area contributed by atoms with E-state index >= 15 is 0 Å². The molecule has 0 saturated heterocycles. The van der Waals surface area contributed by atoms with Gasteiger partial charge in [0.2, 0.25) is 5.91 Å². The summed E-state index contributed by atoms with van der Waals surface area (Å²) in [6.45, 7) is 14.0. The number of rotatable bonds is 8. The summed E-state index contributed by atoms with van der Waals surface area (Å²) in [5, 5.41) is 19.5. The number of ether oxygens (including phenoxy) is 2. The number of nitrogens with one attached hydrogen (secondary N) is 1. The van der Waals surface area contributed by atoms with Crippen LogP contribution in [0.5, 0.6) is 0 Å². The zero-order valence-corrected chi connectivity index (χ0v) is 14.6. The van der Waals surface area contributed by atoms with Gasteiger partial charge in [-0.3, -0.25) is 4.79 Å². The molecule has 1 unspecified atom stereocenters. The molecule has 0 aliphatic carbocycles. The first-order valence-corrected chi connectivity index (χ1v) is 7.24. The molecule has 0 saturated carbocycles. The Kier molecular flexibility index (Phi) is 13.5. The molecule has 0 radical (unpaired) electrons. The Balaban J connectivity index is 0. The van der Waals surface area contributed by atoms with Crippen LogP contribution in [0.2, 0.25) is 0 Å². The van der Waals surface area contributed by atoms with Crippen LogP contribution in [0.3, 0.4) is 0 Å². The minimum Gasteiger partial charge on any atom is -0.393 e. The molecule has 24 heavy (non-hydrogen) atoms. The van der Waals surface area contributed by atoms with Crippen LogP contribution in [-0.4, -0.2) is 54.1 Å². The monoisotopic (exact) mass is 345 g/mol. The van der Waals surface area contributed by atoms with Crippen molar-refractivity contribution in [2.75, 3.05) is 19.9 Å². The smallest absolute Gasteiger partial charge is 0.345 e. The number of hydrogen-bond acceptors (Lipinski definition) is 7. The Hall–Kier alpha value is -2.03. The Bertz CT molecular complexity index is 457. The van der Waals surface area contributed by atoms with Gasteiger partial charge in [0.25, 0.3) is 0 Å². The highest BCUT2D eigenvalue weighted by Gasteiger charge is 2.19. The first-order chi connectivity index (χ1) is 11.0. The molecule has 0 bridgehead atoms. The molecule has 0 aromatic carbocycles. The quantitative estimate of drug-likeness (QED) is 0.190. The standard InChI is InChI=1S/C9H17NO2.C7H10O5/c1-7(2)5-12-6-10-9(11)8(3)4;1-4(2)6(10)12-7(11)5(9)3-8/h7H,3,5-6H2,1-2,4H3,(H,10,11);5,8-9H,1,3H2,2H3. The van der Waals surface area contributed by atoms with Crippen LogP contribution < -0.4 is 5.32 Å². The maximum absolute atomic E-state index is 10.9. The van der Waals surface area contributed by atoms with Gasteiger partial charge in [0, 0.05) is 11.1 Å². The highest BCUT2D eigenvalue weighted by atomic mass is 16.6. The van der Waals surface area contributed by atoms with E-state index in [-0.39, 0.29) is 18.2 Å². The predicted molar refractivity (Wildman–Crippen MR) is 87.6 cm³/mol. The van der Waals surface area contributed by atoms with E-state index < -0.39 is 24.6 Å². The summed E-state index contributed by atoms with van der Waals surface area (Å²) in [4.78, 5) is 32.1. The number of esters is 2. The molecular weight excluding hydrogens is 318 g/mol. The van der Waals surface area contributed by atoms with E-state index in [0.29, 0.717) is 18.1 Å². The van der Waals surface area contributed by atoms with Crippen LogP contribution in [0.4, 0.5) is 0 Å². The maximum Gasteiger partial charge on any atom is 0.345 e. The summed E-state index contributed by atoms with van der Waals surface area (Å²) in [7, 11) is 0. The second-order valence-corrected chi connectivity index (χ2v) is 5.38. The minimum atomic E-state index is -1.67. The third-order valence-corrected chi connectivity index (χ3v) is 2.16. The molecule has 0 aliphatic heterocycles. The molecule has 0 fully saturated rings.